The molecular formula is C17H21ClN2O. The van der Waals surface area contributed by atoms with Gasteiger partial charge in [0, 0.05) is 24.7 Å². The lowest BCUT2D eigenvalue weighted by Crippen LogP contribution is -2.23. The van der Waals surface area contributed by atoms with E-state index in [1.807, 2.05) is 55.6 Å². The maximum absolute atomic E-state index is 6.24. The van der Waals surface area contributed by atoms with E-state index in [4.69, 9.17) is 22.1 Å². The van der Waals surface area contributed by atoms with E-state index >= 15 is 0 Å². The second kappa shape index (κ2) is 7.34. The number of halogens is 1. The molecule has 2 aromatic rings. The average Bonchev–Trinajstić information content (AvgIpc) is 2.52. The van der Waals surface area contributed by atoms with Gasteiger partial charge in [-0.25, -0.2) is 0 Å². The summed E-state index contributed by atoms with van der Waals surface area (Å²) in [5.41, 5.74) is 8.42. The second-order valence-corrected chi connectivity index (χ2v) is 5.48. The molecule has 0 spiro atoms. The predicted molar refractivity (Wildman–Crippen MR) is 89.3 cm³/mol. The van der Waals surface area contributed by atoms with Crippen LogP contribution in [0.25, 0.3) is 0 Å². The number of ether oxygens (including phenoxy) is 1. The van der Waals surface area contributed by atoms with Crippen LogP contribution in [0.5, 0.6) is 5.75 Å². The largest absolute Gasteiger partial charge is 0.495 e. The lowest BCUT2D eigenvalue weighted by atomic mass is 10.0. The Hall–Kier alpha value is -1.71. The van der Waals surface area contributed by atoms with Gasteiger partial charge in [-0.3, -0.25) is 0 Å². The first kappa shape index (κ1) is 15.7. The first-order valence-electron chi connectivity index (χ1n) is 6.97. The van der Waals surface area contributed by atoms with E-state index in [2.05, 4.69) is 4.90 Å². The van der Waals surface area contributed by atoms with Crippen molar-refractivity contribution in [3.8, 4) is 5.75 Å². The Labute approximate surface area is 131 Å². The number of hydrogen-bond acceptors (Lipinski definition) is 3. The third-order valence-corrected chi connectivity index (χ3v) is 3.82. The smallest absolute Gasteiger partial charge is 0.142 e. The summed E-state index contributed by atoms with van der Waals surface area (Å²) in [7, 11) is 3.73. The Kier molecular flexibility index (Phi) is 5.48. The van der Waals surface area contributed by atoms with Gasteiger partial charge in [0.05, 0.1) is 12.8 Å². The number of nitrogens with two attached hydrogens (primary N) is 1. The molecule has 0 bridgehead atoms. The van der Waals surface area contributed by atoms with Crippen molar-refractivity contribution >= 4 is 17.3 Å². The number of para-hydroxylation sites is 2. The zero-order chi connectivity index (χ0) is 15.2. The van der Waals surface area contributed by atoms with Crippen LogP contribution in [0.2, 0.25) is 5.02 Å². The molecule has 2 aromatic carbocycles. The SMILES string of the molecule is COc1ccccc1N(C)CCC(N)c1ccc(Cl)cc1. The van der Waals surface area contributed by atoms with Crippen LogP contribution >= 0.6 is 11.6 Å². The highest BCUT2D eigenvalue weighted by Gasteiger charge is 2.10. The molecule has 0 saturated carbocycles. The molecule has 0 aliphatic rings. The monoisotopic (exact) mass is 304 g/mol. The number of nitrogens with zero attached hydrogens (tertiary/aromatic N) is 1. The molecule has 0 saturated heterocycles. The van der Waals surface area contributed by atoms with Crippen molar-refractivity contribution in [3.63, 3.8) is 0 Å². The van der Waals surface area contributed by atoms with E-state index in [1.165, 1.54) is 0 Å². The van der Waals surface area contributed by atoms with Crippen LogP contribution < -0.4 is 15.4 Å². The highest BCUT2D eigenvalue weighted by molar-refractivity contribution is 6.30. The van der Waals surface area contributed by atoms with Crippen molar-refractivity contribution in [2.45, 2.75) is 12.5 Å². The Morgan fingerprint density at radius 1 is 1.14 bits per heavy atom. The van der Waals surface area contributed by atoms with Crippen molar-refractivity contribution < 1.29 is 4.74 Å². The fourth-order valence-electron chi connectivity index (χ4n) is 2.27. The molecule has 2 N–H and O–H groups in total. The molecule has 0 aromatic heterocycles. The van der Waals surface area contributed by atoms with Crippen LogP contribution in [0.4, 0.5) is 5.69 Å². The topological polar surface area (TPSA) is 38.5 Å². The number of rotatable bonds is 6. The highest BCUT2D eigenvalue weighted by Crippen LogP contribution is 2.27. The Balaban J connectivity index is 1.97. The molecule has 0 aliphatic carbocycles. The van der Waals surface area contributed by atoms with Gasteiger partial charge in [0.2, 0.25) is 0 Å². The van der Waals surface area contributed by atoms with Gasteiger partial charge in [0.25, 0.3) is 0 Å². The highest BCUT2D eigenvalue weighted by atomic mass is 35.5. The molecule has 3 nitrogen and oxygen atoms in total. The quantitative estimate of drug-likeness (QED) is 0.880. The maximum Gasteiger partial charge on any atom is 0.142 e. The number of anilines is 1. The van der Waals surface area contributed by atoms with E-state index in [-0.39, 0.29) is 6.04 Å². The molecule has 112 valence electrons. The van der Waals surface area contributed by atoms with Crippen LogP contribution in [-0.2, 0) is 0 Å². The summed E-state index contributed by atoms with van der Waals surface area (Å²) >= 11 is 5.89. The minimum atomic E-state index is -0.000534. The van der Waals surface area contributed by atoms with Gasteiger partial charge in [-0.2, -0.15) is 0 Å². The predicted octanol–water partition coefficient (Wildman–Crippen LogP) is 3.87. The summed E-state index contributed by atoms with van der Waals surface area (Å²) in [6, 6.07) is 15.7. The van der Waals surface area contributed by atoms with Crippen LogP contribution in [0.3, 0.4) is 0 Å². The third kappa shape index (κ3) is 4.13. The molecule has 4 heteroatoms. The molecule has 2 rings (SSSR count). The first-order valence-corrected chi connectivity index (χ1v) is 7.35. The van der Waals surface area contributed by atoms with Gasteiger partial charge >= 0.3 is 0 Å². The standard InChI is InChI=1S/C17H21ClN2O/c1-20(16-5-3-4-6-17(16)21-2)12-11-15(19)13-7-9-14(18)10-8-13/h3-10,15H,11-12,19H2,1-2H3. The lowest BCUT2D eigenvalue weighted by molar-refractivity contribution is 0.414. The molecule has 1 unspecified atom stereocenters. The molecular weight excluding hydrogens is 284 g/mol. The van der Waals surface area contributed by atoms with Crippen molar-refractivity contribution in [2.24, 2.45) is 5.73 Å². The van der Waals surface area contributed by atoms with Crippen LogP contribution in [-0.4, -0.2) is 20.7 Å². The Morgan fingerprint density at radius 3 is 2.48 bits per heavy atom. The van der Waals surface area contributed by atoms with Crippen molar-refractivity contribution in [1.29, 1.82) is 0 Å². The van der Waals surface area contributed by atoms with E-state index < -0.39 is 0 Å². The number of hydrogen-bond donors (Lipinski definition) is 1. The summed E-state index contributed by atoms with van der Waals surface area (Å²) in [6.45, 7) is 0.851. The fourth-order valence-corrected chi connectivity index (χ4v) is 2.40. The van der Waals surface area contributed by atoms with Gasteiger partial charge in [-0.05, 0) is 36.2 Å². The van der Waals surface area contributed by atoms with E-state index in [9.17, 15) is 0 Å². The van der Waals surface area contributed by atoms with E-state index in [0.717, 1.165) is 35.0 Å². The van der Waals surface area contributed by atoms with Crippen LogP contribution in [0.15, 0.2) is 48.5 Å². The van der Waals surface area contributed by atoms with Crippen LogP contribution in [0, 0.1) is 0 Å². The van der Waals surface area contributed by atoms with E-state index in [0.29, 0.717) is 0 Å². The maximum atomic E-state index is 6.24. The third-order valence-electron chi connectivity index (χ3n) is 3.57. The summed E-state index contributed by atoms with van der Waals surface area (Å²) in [6.07, 6.45) is 0.857. The zero-order valence-electron chi connectivity index (χ0n) is 12.4. The molecule has 0 heterocycles. The molecule has 21 heavy (non-hydrogen) atoms. The van der Waals surface area contributed by atoms with Crippen molar-refractivity contribution in [1.82, 2.24) is 0 Å². The summed E-state index contributed by atoms with van der Waals surface area (Å²) < 4.78 is 5.38. The van der Waals surface area contributed by atoms with Gasteiger partial charge in [-0.15, -0.1) is 0 Å². The second-order valence-electron chi connectivity index (χ2n) is 5.04. The van der Waals surface area contributed by atoms with E-state index in [1.54, 1.807) is 7.11 Å². The average molecular weight is 305 g/mol. The Morgan fingerprint density at radius 2 is 1.81 bits per heavy atom. The molecule has 0 amide bonds. The number of methoxy groups -OCH3 is 1. The number of benzene rings is 2. The zero-order valence-corrected chi connectivity index (χ0v) is 13.2. The molecule has 1 atom stereocenters. The van der Waals surface area contributed by atoms with Crippen molar-refractivity contribution in [3.05, 3.63) is 59.1 Å². The summed E-state index contributed by atoms with van der Waals surface area (Å²) in [4.78, 5) is 2.16. The molecule has 0 fully saturated rings. The van der Waals surface area contributed by atoms with Gasteiger partial charge in [-0.1, -0.05) is 35.9 Å². The lowest BCUT2D eigenvalue weighted by Gasteiger charge is -2.23. The van der Waals surface area contributed by atoms with Crippen LogP contribution in [0.1, 0.15) is 18.0 Å². The van der Waals surface area contributed by atoms with Gasteiger partial charge < -0.3 is 15.4 Å². The molecule has 0 radical (unpaired) electrons. The van der Waals surface area contributed by atoms with Gasteiger partial charge in [0.15, 0.2) is 0 Å². The first-order chi connectivity index (χ1) is 10.1. The minimum Gasteiger partial charge on any atom is -0.495 e. The van der Waals surface area contributed by atoms with Crippen molar-refractivity contribution in [2.75, 3.05) is 25.6 Å². The summed E-state index contributed by atoms with van der Waals surface area (Å²) in [5, 5.41) is 0.733. The Bertz CT molecular complexity index is 571. The normalized spacial score (nSPS) is 12.0. The minimum absolute atomic E-state index is 0.000534. The molecule has 0 aliphatic heterocycles. The summed E-state index contributed by atoms with van der Waals surface area (Å²) in [5.74, 6) is 0.875. The fraction of sp³-hybridized carbons (Fsp3) is 0.294. The van der Waals surface area contributed by atoms with Gasteiger partial charge in [0.1, 0.15) is 5.75 Å².